The van der Waals surface area contributed by atoms with Crippen molar-refractivity contribution in [3.05, 3.63) is 76.7 Å². The van der Waals surface area contributed by atoms with Crippen LogP contribution in [-0.4, -0.2) is 19.2 Å². The molecule has 1 heterocycles. The van der Waals surface area contributed by atoms with E-state index in [2.05, 4.69) is 6.58 Å². The molecule has 2 aromatic carbocycles. The molecule has 0 unspecified atom stereocenters. The smallest absolute Gasteiger partial charge is 0.417 e. The maximum Gasteiger partial charge on any atom is 0.417 e. The van der Waals surface area contributed by atoms with Gasteiger partial charge < -0.3 is 13.9 Å². The van der Waals surface area contributed by atoms with Crippen molar-refractivity contribution < 1.29 is 31.9 Å². The second-order valence-electron chi connectivity index (χ2n) is 11.2. The lowest BCUT2D eigenvalue weighted by Gasteiger charge is -2.15. The SMILES string of the molecule is C=CC(=O)OCCCCCCCCCCCCOc1ccc2cc(-c3ccc(CCCCC)cc3C(F)(F)F)c(=O)oc2c1. The average Bonchev–Trinajstić information content (AvgIpc) is 3.00. The Morgan fingerprint density at radius 2 is 1.48 bits per heavy atom. The van der Waals surface area contributed by atoms with E-state index >= 15 is 0 Å². The van der Waals surface area contributed by atoms with Crippen molar-refractivity contribution in [1.82, 2.24) is 0 Å². The van der Waals surface area contributed by atoms with Gasteiger partial charge in [0, 0.05) is 23.1 Å². The minimum atomic E-state index is -4.60. The lowest BCUT2D eigenvalue weighted by atomic mass is 9.95. The van der Waals surface area contributed by atoms with Crippen molar-refractivity contribution in [3.63, 3.8) is 0 Å². The highest BCUT2D eigenvalue weighted by molar-refractivity contribution is 5.83. The second-order valence-corrected chi connectivity index (χ2v) is 11.2. The van der Waals surface area contributed by atoms with Gasteiger partial charge in [-0.25, -0.2) is 9.59 Å². The number of halogens is 3. The minimum Gasteiger partial charge on any atom is -0.493 e. The van der Waals surface area contributed by atoms with E-state index in [4.69, 9.17) is 13.9 Å². The molecule has 5 nitrogen and oxygen atoms in total. The van der Waals surface area contributed by atoms with Crippen molar-refractivity contribution in [2.75, 3.05) is 13.2 Å². The molecule has 1 aromatic heterocycles. The molecule has 0 amide bonds. The van der Waals surface area contributed by atoms with Gasteiger partial charge in [0.15, 0.2) is 0 Å². The molecule has 0 N–H and O–H groups in total. The van der Waals surface area contributed by atoms with E-state index in [-0.39, 0.29) is 22.7 Å². The molecule has 0 saturated carbocycles. The number of esters is 1. The first kappa shape index (κ1) is 34.9. The zero-order valence-electron chi connectivity index (χ0n) is 25.8. The number of hydrogen-bond donors (Lipinski definition) is 0. The first-order chi connectivity index (χ1) is 21.2. The third kappa shape index (κ3) is 11.5. The summed E-state index contributed by atoms with van der Waals surface area (Å²) < 4.78 is 58.2. The summed E-state index contributed by atoms with van der Waals surface area (Å²) in [4.78, 5) is 23.8. The molecule has 0 aliphatic heterocycles. The molecule has 0 atom stereocenters. The number of aryl methyl sites for hydroxylation is 1. The van der Waals surface area contributed by atoms with Gasteiger partial charge in [-0.2, -0.15) is 13.2 Å². The topological polar surface area (TPSA) is 65.7 Å². The zero-order chi connectivity index (χ0) is 31.8. The first-order valence-corrected chi connectivity index (χ1v) is 15.9. The maximum absolute atomic E-state index is 14.0. The quantitative estimate of drug-likeness (QED) is 0.0548. The van der Waals surface area contributed by atoms with Crippen LogP contribution in [0.15, 0.2) is 64.3 Å². The van der Waals surface area contributed by atoms with Crippen molar-refractivity contribution in [2.24, 2.45) is 0 Å². The van der Waals surface area contributed by atoms with Crippen LogP contribution in [0, 0.1) is 0 Å². The highest BCUT2D eigenvalue weighted by Gasteiger charge is 2.34. The summed E-state index contributed by atoms with van der Waals surface area (Å²) in [6.45, 7) is 6.41. The molecule has 0 aliphatic carbocycles. The summed E-state index contributed by atoms with van der Waals surface area (Å²) in [5, 5.41) is 0.531. The molecule has 3 rings (SSSR count). The number of fused-ring (bicyclic) bond motifs is 1. The Morgan fingerprint density at radius 1 is 0.818 bits per heavy atom. The fourth-order valence-electron chi connectivity index (χ4n) is 5.20. The summed E-state index contributed by atoms with van der Waals surface area (Å²) in [6, 6.07) is 10.7. The highest BCUT2D eigenvalue weighted by Crippen LogP contribution is 2.38. The Labute approximate surface area is 258 Å². The molecule has 0 aliphatic rings. The third-order valence-electron chi connectivity index (χ3n) is 7.67. The number of unbranched alkanes of at least 4 members (excludes halogenated alkanes) is 11. The average molecular weight is 615 g/mol. The Bertz CT molecular complexity index is 1390. The number of carbonyl (C=O) groups excluding carboxylic acids is 1. The zero-order valence-corrected chi connectivity index (χ0v) is 25.8. The Balaban J connectivity index is 1.44. The minimum absolute atomic E-state index is 0.106. The van der Waals surface area contributed by atoms with Crippen LogP contribution >= 0.6 is 0 Å². The summed E-state index contributed by atoms with van der Waals surface area (Å²) in [5.41, 5.74) is -1.03. The number of carbonyl (C=O) groups is 1. The standard InChI is InChI=1S/C36H45F3O5/c1-3-5-14-17-27-18-21-30(32(24-27)36(37,38)39)31-25-28-19-20-29(26-33(28)44-35(31)41)42-22-15-12-10-8-6-7-9-11-13-16-23-43-34(40)4-2/h4,18-21,24-26H,2-3,5-17,22-23H2,1H3. The molecule has 0 fully saturated rings. The second kappa shape index (κ2) is 18.3. The van der Waals surface area contributed by atoms with Crippen LogP contribution in [0.3, 0.4) is 0 Å². The predicted octanol–water partition coefficient (Wildman–Crippen LogP) is 10.2. The molecule has 0 radical (unpaired) electrons. The van der Waals surface area contributed by atoms with Gasteiger partial charge >= 0.3 is 17.8 Å². The van der Waals surface area contributed by atoms with Crippen LogP contribution in [0.2, 0.25) is 0 Å². The summed E-state index contributed by atoms with van der Waals surface area (Å²) in [6.07, 6.45) is 10.9. The molecule has 0 bridgehead atoms. The third-order valence-corrected chi connectivity index (χ3v) is 7.67. The van der Waals surface area contributed by atoms with Gasteiger partial charge in [-0.15, -0.1) is 0 Å². The maximum atomic E-state index is 14.0. The summed E-state index contributed by atoms with van der Waals surface area (Å²) in [7, 11) is 0. The van der Waals surface area contributed by atoms with Crippen LogP contribution < -0.4 is 10.4 Å². The van der Waals surface area contributed by atoms with Gasteiger partial charge in [0.25, 0.3) is 0 Å². The Kier molecular flexibility index (Phi) is 14.5. The molecular weight excluding hydrogens is 569 g/mol. The van der Waals surface area contributed by atoms with Crippen LogP contribution in [0.1, 0.15) is 102 Å². The number of benzene rings is 2. The largest absolute Gasteiger partial charge is 0.493 e. The lowest BCUT2D eigenvalue weighted by Crippen LogP contribution is -2.12. The monoisotopic (exact) mass is 614 g/mol. The molecule has 8 heteroatoms. The fraction of sp³-hybridized carbons (Fsp3) is 0.500. The van der Waals surface area contributed by atoms with Crippen LogP contribution in [0.4, 0.5) is 13.2 Å². The summed E-state index contributed by atoms with van der Waals surface area (Å²) in [5.74, 6) is 0.193. The molecule has 0 spiro atoms. The highest BCUT2D eigenvalue weighted by atomic mass is 19.4. The number of alkyl halides is 3. The Morgan fingerprint density at radius 3 is 2.11 bits per heavy atom. The van der Waals surface area contributed by atoms with Gasteiger partial charge in [0.2, 0.25) is 0 Å². The van der Waals surface area contributed by atoms with Crippen LogP contribution in [0.25, 0.3) is 22.1 Å². The number of hydrogen-bond acceptors (Lipinski definition) is 5. The molecule has 0 saturated heterocycles. The van der Waals surface area contributed by atoms with E-state index in [0.717, 1.165) is 63.9 Å². The molecule has 44 heavy (non-hydrogen) atoms. The number of ether oxygens (including phenoxy) is 2. The van der Waals surface area contributed by atoms with E-state index < -0.39 is 17.4 Å². The van der Waals surface area contributed by atoms with E-state index in [1.165, 1.54) is 43.9 Å². The van der Waals surface area contributed by atoms with E-state index in [0.29, 0.717) is 36.3 Å². The van der Waals surface area contributed by atoms with Gasteiger partial charge in [-0.05, 0) is 55.5 Å². The summed E-state index contributed by atoms with van der Waals surface area (Å²) >= 11 is 0. The van der Waals surface area contributed by atoms with Crippen molar-refractivity contribution >= 4 is 16.9 Å². The first-order valence-electron chi connectivity index (χ1n) is 15.9. The molecule has 240 valence electrons. The van der Waals surface area contributed by atoms with Crippen molar-refractivity contribution in [3.8, 4) is 16.9 Å². The van der Waals surface area contributed by atoms with Gasteiger partial charge in [-0.3, -0.25) is 0 Å². The predicted molar refractivity (Wildman–Crippen MR) is 169 cm³/mol. The van der Waals surface area contributed by atoms with Crippen molar-refractivity contribution in [2.45, 2.75) is 103 Å². The fourth-order valence-corrected chi connectivity index (χ4v) is 5.20. The lowest BCUT2D eigenvalue weighted by molar-refractivity contribution is -0.138. The number of rotatable bonds is 20. The molecular formula is C36H45F3O5. The van der Waals surface area contributed by atoms with E-state index in [1.54, 1.807) is 24.3 Å². The van der Waals surface area contributed by atoms with E-state index in [1.807, 2.05) is 6.92 Å². The Hall–Kier alpha value is -3.55. The van der Waals surface area contributed by atoms with Gasteiger partial charge in [0.05, 0.1) is 24.3 Å². The van der Waals surface area contributed by atoms with Crippen molar-refractivity contribution in [1.29, 1.82) is 0 Å². The van der Waals surface area contributed by atoms with Gasteiger partial charge in [0.1, 0.15) is 11.3 Å². The molecule has 3 aromatic rings. The van der Waals surface area contributed by atoms with Crippen LogP contribution in [0.5, 0.6) is 5.75 Å². The van der Waals surface area contributed by atoms with E-state index in [9.17, 15) is 22.8 Å². The normalized spacial score (nSPS) is 11.5. The van der Waals surface area contributed by atoms with Crippen LogP contribution in [-0.2, 0) is 22.1 Å². The van der Waals surface area contributed by atoms with Gasteiger partial charge in [-0.1, -0.05) is 89.8 Å².